The van der Waals surface area contributed by atoms with Gasteiger partial charge in [-0.15, -0.1) is 0 Å². The van der Waals surface area contributed by atoms with E-state index in [1.807, 2.05) is 54.6 Å². The lowest BCUT2D eigenvalue weighted by atomic mass is 10.0. The van der Waals surface area contributed by atoms with Gasteiger partial charge in [-0.05, 0) is 54.9 Å². The van der Waals surface area contributed by atoms with Crippen molar-refractivity contribution in [1.82, 2.24) is 9.80 Å². The maximum absolute atomic E-state index is 13.5. The van der Waals surface area contributed by atoms with Crippen LogP contribution < -0.4 is 4.74 Å². The number of ether oxygens (including phenoxy) is 1. The molecule has 4 rings (SSSR count). The minimum absolute atomic E-state index is 0.164. The first-order chi connectivity index (χ1) is 15.5. The molecule has 0 unspecified atom stereocenters. The topological polar surface area (TPSA) is 49.9 Å². The van der Waals surface area contributed by atoms with E-state index >= 15 is 0 Å². The molecule has 0 atom stereocenters. The zero-order valence-corrected chi connectivity index (χ0v) is 19.0. The second-order valence-electron chi connectivity index (χ2n) is 9.00. The number of piperidine rings is 1. The number of benzene rings is 2. The Labute approximate surface area is 190 Å². The summed E-state index contributed by atoms with van der Waals surface area (Å²) in [5.41, 5.74) is 3.00. The van der Waals surface area contributed by atoms with Gasteiger partial charge < -0.3 is 9.64 Å². The van der Waals surface area contributed by atoms with Crippen LogP contribution in [0.25, 0.3) is 5.57 Å². The second-order valence-corrected chi connectivity index (χ2v) is 9.00. The number of nitrogens with zero attached hydrogens (tertiary/aromatic N) is 2. The summed E-state index contributed by atoms with van der Waals surface area (Å²) in [5, 5.41) is 0. The molecule has 0 aromatic heterocycles. The van der Waals surface area contributed by atoms with Crippen LogP contribution in [-0.4, -0.2) is 47.9 Å². The fourth-order valence-electron chi connectivity index (χ4n) is 4.30. The number of likely N-dealkylation sites (tertiary alicyclic amines) is 1. The Bertz CT molecular complexity index is 974. The normalized spacial score (nSPS) is 17.0. The van der Waals surface area contributed by atoms with E-state index in [4.69, 9.17) is 4.74 Å². The molecule has 2 aromatic rings. The van der Waals surface area contributed by atoms with Crippen LogP contribution in [0.5, 0.6) is 5.75 Å². The molecule has 2 heterocycles. The Morgan fingerprint density at radius 3 is 2.22 bits per heavy atom. The molecular formula is C27H32N2O3. The van der Waals surface area contributed by atoms with Crippen LogP contribution in [0.1, 0.15) is 44.2 Å². The molecule has 0 spiro atoms. The molecule has 2 aliphatic rings. The van der Waals surface area contributed by atoms with Crippen molar-refractivity contribution >= 4 is 17.4 Å². The van der Waals surface area contributed by atoms with E-state index in [1.54, 1.807) is 0 Å². The quantitative estimate of drug-likeness (QED) is 0.575. The SMILES string of the molecule is CC(C)COc1ccc(C2=C(N3CCCCC3)C(=O)N(CCc3ccccc3)C2=O)cc1. The second kappa shape index (κ2) is 10.0. The summed E-state index contributed by atoms with van der Waals surface area (Å²) in [4.78, 5) is 30.5. The van der Waals surface area contributed by atoms with Gasteiger partial charge in [-0.1, -0.05) is 56.3 Å². The van der Waals surface area contributed by atoms with Gasteiger partial charge in [0.15, 0.2) is 0 Å². The Morgan fingerprint density at radius 1 is 0.875 bits per heavy atom. The van der Waals surface area contributed by atoms with E-state index in [1.165, 1.54) is 11.3 Å². The molecule has 2 aromatic carbocycles. The number of rotatable bonds is 8. The molecule has 0 radical (unpaired) electrons. The first-order valence-electron chi connectivity index (χ1n) is 11.7. The molecule has 1 saturated heterocycles. The van der Waals surface area contributed by atoms with Crippen LogP contribution >= 0.6 is 0 Å². The van der Waals surface area contributed by atoms with E-state index in [0.717, 1.165) is 42.8 Å². The first kappa shape index (κ1) is 22.1. The Hall–Kier alpha value is -3.08. The zero-order valence-electron chi connectivity index (χ0n) is 19.0. The summed E-state index contributed by atoms with van der Waals surface area (Å²) in [6, 6.07) is 17.6. The van der Waals surface area contributed by atoms with E-state index in [-0.39, 0.29) is 11.8 Å². The van der Waals surface area contributed by atoms with E-state index < -0.39 is 0 Å². The van der Waals surface area contributed by atoms with Gasteiger partial charge in [-0.25, -0.2) is 0 Å². The van der Waals surface area contributed by atoms with Crippen LogP contribution in [0, 0.1) is 5.92 Å². The number of carbonyl (C=O) groups excluding carboxylic acids is 2. The lowest BCUT2D eigenvalue weighted by molar-refractivity contribution is -0.137. The molecular weight excluding hydrogens is 400 g/mol. The third-order valence-electron chi connectivity index (χ3n) is 6.01. The number of carbonyl (C=O) groups is 2. The van der Waals surface area contributed by atoms with Gasteiger partial charge in [0.25, 0.3) is 11.8 Å². The highest BCUT2D eigenvalue weighted by Gasteiger charge is 2.41. The summed E-state index contributed by atoms with van der Waals surface area (Å²) < 4.78 is 5.80. The predicted molar refractivity (Wildman–Crippen MR) is 126 cm³/mol. The lowest BCUT2D eigenvalue weighted by Gasteiger charge is -2.29. The third-order valence-corrected chi connectivity index (χ3v) is 6.01. The molecule has 0 aliphatic carbocycles. The van der Waals surface area contributed by atoms with Crippen LogP contribution in [0.2, 0.25) is 0 Å². The average molecular weight is 433 g/mol. The van der Waals surface area contributed by atoms with Crippen molar-refractivity contribution in [3.05, 3.63) is 71.4 Å². The summed E-state index contributed by atoms with van der Waals surface area (Å²) >= 11 is 0. The highest BCUT2D eigenvalue weighted by atomic mass is 16.5. The molecule has 5 heteroatoms. The number of hydrogen-bond acceptors (Lipinski definition) is 4. The van der Waals surface area contributed by atoms with E-state index in [0.29, 0.717) is 36.8 Å². The zero-order chi connectivity index (χ0) is 22.5. The predicted octanol–water partition coefficient (Wildman–Crippen LogP) is 4.53. The maximum atomic E-state index is 13.5. The van der Waals surface area contributed by atoms with Crippen molar-refractivity contribution in [3.63, 3.8) is 0 Å². The van der Waals surface area contributed by atoms with Crippen LogP contribution in [0.3, 0.4) is 0 Å². The summed E-state index contributed by atoms with van der Waals surface area (Å²) in [6.45, 7) is 6.89. The number of hydrogen-bond donors (Lipinski definition) is 0. The van der Waals surface area contributed by atoms with Crippen LogP contribution in [-0.2, 0) is 16.0 Å². The van der Waals surface area contributed by atoms with Crippen molar-refractivity contribution in [2.75, 3.05) is 26.2 Å². The molecule has 2 amide bonds. The third kappa shape index (κ3) is 4.87. The van der Waals surface area contributed by atoms with Crippen LogP contribution in [0.15, 0.2) is 60.3 Å². The Kier molecular flexibility index (Phi) is 6.93. The summed E-state index contributed by atoms with van der Waals surface area (Å²) in [5.74, 6) is 0.862. The highest BCUT2D eigenvalue weighted by Crippen LogP contribution is 2.34. The Balaban J connectivity index is 1.60. The monoisotopic (exact) mass is 432 g/mol. The largest absolute Gasteiger partial charge is 0.493 e. The standard InChI is InChI=1S/C27H32N2O3/c1-20(2)19-32-23-13-11-22(12-14-23)24-25(28-16-7-4-8-17-28)27(31)29(26(24)30)18-15-21-9-5-3-6-10-21/h3,5-6,9-14,20H,4,7-8,15-19H2,1-2H3. The van der Waals surface area contributed by atoms with Crippen molar-refractivity contribution in [2.45, 2.75) is 39.5 Å². The average Bonchev–Trinajstić information content (AvgIpc) is 3.07. The van der Waals surface area contributed by atoms with E-state index in [9.17, 15) is 9.59 Å². The molecule has 1 fully saturated rings. The Morgan fingerprint density at radius 2 is 1.56 bits per heavy atom. The van der Waals surface area contributed by atoms with Gasteiger partial charge in [0.2, 0.25) is 0 Å². The van der Waals surface area contributed by atoms with Gasteiger partial charge >= 0.3 is 0 Å². The smallest absolute Gasteiger partial charge is 0.277 e. The number of imide groups is 1. The highest BCUT2D eigenvalue weighted by molar-refractivity contribution is 6.35. The van der Waals surface area contributed by atoms with Gasteiger partial charge in [0, 0.05) is 19.6 Å². The summed E-state index contributed by atoms with van der Waals surface area (Å²) in [7, 11) is 0. The fourth-order valence-corrected chi connectivity index (χ4v) is 4.30. The molecule has 0 saturated carbocycles. The molecule has 168 valence electrons. The van der Waals surface area contributed by atoms with Crippen LogP contribution in [0.4, 0.5) is 0 Å². The fraction of sp³-hybridized carbons (Fsp3) is 0.407. The summed E-state index contributed by atoms with van der Waals surface area (Å²) in [6.07, 6.45) is 3.91. The van der Waals surface area contributed by atoms with Gasteiger partial charge in [-0.3, -0.25) is 14.5 Å². The number of amides is 2. The minimum atomic E-state index is -0.192. The van der Waals surface area contributed by atoms with Crippen molar-refractivity contribution in [3.8, 4) is 5.75 Å². The molecule has 32 heavy (non-hydrogen) atoms. The van der Waals surface area contributed by atoms with Crippen molar-refractivity contribution in [2.24, 2.45) is 5.92 Å². The molecule has 0 N–H and O–H groups in total. The molecule has 0 bridgehead atoms. The van der Waals surface area contributed by atoms with Crippen molar-refractivity contribution < 1.29 is 14.3 Å². The van der Waals surface area contributed by atoms with Crippen molar-refractivity contribution in [1.29, 1.82) is 0 Å². The van der Waals surface area contributed by atoms with Gasteiger partial charge in [-0.2, -0.15) is 0 Å². The lowest BCUT2D eigenvalue weighted by Crippen LogP contribution is -2.38. The van der Waals surface area contributed by atoms with Gasteiger partial charge in [0.05, 0.1) is 12.2 Å². The molecule has 5 nitrogen and oxygen atoms in total. The first-order valence-corrected chi connectivity index (χ1v) is 11.7. The minimum Gasteiger partial charge on any atom is -0.493 e. The van der Waals surface area contributed by atoms with E-state index in [2.05, 4.69) is 18.7 Å². The maximum Gasteiger partial charge on any atom is 0.277 e. The van der Waals surface area contributed by atoms with Gasteiger partial charge in [0.1, 0.15) is 11.4 Å². The molecule has 2 aliphatic heterocycles.